The number of rotatable bonds is 6. The van der Waals surface area contributed by atoms with E-state index in [0.29, 0.717) is 13.1 Å². The maximum absolute atomic E-state index is 9.43. The zero-order valence-corrected chi connectivity index (χ0v) is 12.9. The van der Waals surface area contributed by atoms with E-state index >= 15 is 0 Å². The zero-order chi connectivity index (χ0) is 13.8. The number of halogens is 1. The van der Waals surface area contributed by atoms with Crippen LogP contribution in [-0.2, 0) is 5.41 Å². The molecule has 0 spiro atoms. The van der Waals surface area contributed by atoms with Gasteiger partial charge in [-0.1, -0.05) is 35.8 Å². The molecule has 3 nitrogen and oxygen atoms in total. The van der Waals surface area contributed by atoms with Gasteiger partial charge in [0, 0.05) is 29.5 Å². The predicted molar refractivity (Wildman–Crippen MR) is 79.8 cm³/mol. The highest BCUT2D eigenvalue weighted by Gasteiger charge is 2.22. The number of nitrogens with two attached hydrogens (primary N) is 1. The number of aryl methyl sites for hydroxylation is 1. The highest BCUT2D eigenvalue weighted by atomic mass is 79.9. The number of nitrogens with one attached hydrogen (secondary N) is 1. The molecule has 0 aliphatic carbocycles. The topological polar surface area (TPSA) is 58.3 Å². The first-order valence-corrected chi connectivity index (χ1v) is 7.01. The molecule has 1 aromatic carbocycles. The molecule has 18 heavy (non-hydrogen) atoms. The van der Waals surface area contributed by atoms with Crippen molar-refractivity contribution in [3.8, 4) is 0 Å². The molecule has 0 saturated carbocycles. The number of hydrogen-bond acceptors (Lipinski definition) is 3. The number of aliphatic hydroxyl groups is 1. The van der Waals surface area contributed by atoms with Crippen molar-refractivity contribution in [3.05, 3.63) is 33.8 Å². The zero-order valence-electron chi connectivity index (χ0n) is 11.3. The van der Waals surface area contributed by atoms with Crippen molar-refractivity contribution in [1.29, 1.82) is 0 Å². The first-order valence-electron chi connectivity index (χ1n) is 6.22. The fourth-order valence-electron chi connectivity index (χ4n) is 2.05. The molecular formula is C14H23BrN2O. The van der Waals surface area contributed by atoms with Gasteiger partial charge in [-0.3, -0.25) is 0 Å². The van der Waals surface area contributed by atoms with Gasteiger partial charge >= 0.3 is 0 Å². The van der Waals surface area contributed by atoms with E-state index in [9.17, 15) is 5.11 Å². The molecule has 0 aliphatic rings. The van der Waals surface area contributed by atoms with Crippen molar-refractivity contribution < 1.29 is 5.11 Å². The molecule has 0 aromatic heterocycles. The van der Waals surface area contributed by atoms with Crippen LogP contribution >= 0.6 is 15.9 Å². The summed E-state index contributed by atoms with van der Waals surface area (Å²) in [5.41, 5.74) is 7.99. The van der Waals surface area contributed by atoms with Gasteiger partial charge < -0.3 is 16.2 Å². The third kappa shape index (κ3) is 4.35. The largest absolute Gasteiger partial charge is 0.390 e. The lowest BCUT2D eigenvalue weighted by Crippen LogP contribution is -2.39. The second-order valence-corrected chi connectivity index (χ2v) is 6.28. The molecular weight excluding hydrogens is 292 g/mol. The van der Waals surface area contributed by atoms with Gasteiger partial charge in [0.05, 0.1) is 6.10 Å². The highest BCUT2D eigenvalue weighted by molar-refractivity contribution is 9.10. The first kappa shape index (κ1) is 15.6. The van der Waals surface area contributed by atoms with Gasteiger partial charge in [0.1, 0.15) is 0 Å². The molecule has 1 rings (SSSR count). The third-order valence-corrected chi connectivity index (χ3v) is 3.64. The van der Waals surface area contributed by atoms with Crippen LogP contribution in [0.5, 0.6) is 0 Å². The van der Waals surface area contributed by atoms with Gasteiger partial charge in [0.15, 0.2) is 0 Å². The third-order valence-electron chi connectivity index (χ3n) is 3.15. The van der Waals surface area contributed by atoms with Crippen LogP contribution in [0.25, 0.3) is 0 Å². The Bertz CT molecular complexity index is 393. The summed E-state index contributed by atoms with van der Waals surface area (Å²) in [6.07, 6.45) is -0.468. The van der Waals surface area contributed by atoms with Crippen LogP contribution in [0.1, 0.15) is 25.0 Å². The average Bonchev–Trinajstić information content (AvgIpc) is 2.31. The number of benzene rings is 1. The molecule has 0 radical (unpaired) electrons. The fraction of sp³-hybridized carbons (Fsp3) is 0.571. The molecule has 0 aliphatic heterocycles. The van der Waals surface area contributed by atoms with E-state index in [-0.39, 0.29) is 5.41 Å². The minimum absolute atomic E-state index is 0.0161. The summed E-state index contributed by atoms with van der Waals surface area (Å²) in [5.74, 6) is 0. The van der Waals surface area contributed by atoms with Gasteiger partial charge in [-0.2, -0.15) is 0 Å². The Balaban J connectivity index is 2.70. The maximum atomic E-state index is 9.43. The molecule has 102 valence electrons. The van der Waals surface area contributed by atoms with Crippen molar-refractivity contribution in [3.63, 3.8) is 0 Å². The fourth-order valence-corrected chi connectivity index (χ4v) is 2.41. The van der Waals surface area contributed by atoms with Gasteiger partial charge in [-0.05, 0) is 30.2 Å². The smallest absolute Gasteiger partial charge is 0.0786 e. The maximum Gasteiger partial charge on any atom is 0.0786 e. The molecule has 0 saturated heterocycles. The minimum atomic E-state index is -0.468. The van der Waals surface area contributed by atoms with Gasteiger partial charge in [0.2, 0.25) is 0 Å². The second-order valence-electron chi connectivity index (χ2n) is 5.36. The summed E-state index contributed by atoms with van der Waals surface area (Å²) in [4.78, 5) is 0. The summed E-state index contributed by atoms with van der Waals surface area (Å²) in [6, 6.07) is 6.34. The van der Waals surface area contributed by atoms with Crippen molar-refractivity contribution in [2.45, 2.75) is 32.3 Å². The van der Waals surface area contributed by atoms with Crippen LogP contribution in [0, 0.1) is 6.92 Å². The van der Waals surface area contributed by atoms with E-state index in [1.54, 1.807) is 0 Å². The van der Waals surface area contributed by atoms with E-state index in [1.165, 1.54) is 11.1 Å². The molecule has 4 N–H and O–H groups in total. The Hall–Kier alpha value is -0.420. The Kier molecular flexibility index (Phi) is 5.79. The normalized spacial score (nSPS) is 13.7. The van der Waals surface area contributed by atoms with Gasteiger partial charge in [-0.25, -0.2) is 0 Å². The summed E-state index contributed by atoms with van der Waals surface area (Å²) in [7, 11) is 0. The lowest BCUT2D eigenvalue weighted by molar-refractivity contribution is 0.177. The molecule has 1 unspecified atom stereocenters. The quantitative estimate of drug-likeness (QED) is 0.752. The Labute approximate surface area is 118 Å². The summed E-state index contributed by atoms with van der Waals surface area (Å²) >= 11 is 3.51. The van der Waals surface area contributed by atoms with Crippen LogP contribution < -0.4 is 11.1 Å². The minimum Gasteiger partial charge on any atom is -0.390 e. The van der Waals surface area contributed by atoms with E-state index in [1.807, 2.05) is 0 Å². The average molecular weight is 315 g/mol. The van der Waals surface area contributed by atoms with Crippen LogP contribution in [0.15, 0.2) is 22.7 Å². The summed E-state index contributed by atoms with van der Waals surface area (Å²) in [5, 5.41) is 12.7. The van der Waals surface area contributed by atoms with Gasteiger partial charge in [0.25, 0.3) is 0 Å². The Morgan fingerprint density at radius 3 is 2.72 bits per heavy atom. The Morgan fingerprint density at radius 2 is 2.11 bits per heavy atom. The lowest BCUT2D eigenvalue weighted by Gasteiger charge is -2.28. The molecule has 1 aromatic rings. The molecule has 0 fully saturated rings. The standard InChI is InChI=1S/C14H23BrN2O/c1-10-4-5-11(15)6-13(10)14(2,3)9-17-8-12(18)7-16/h4-6,12,17-18H,7-9,16H2,1-3H3. The van der Waals surface area contributed by atoms with Crippen molar-refractivity contribution in [2.75, 3.05) is 19.6 Å². The van der Waals surface area contributed by atoms with Crippen LogP contribution in [0.2, 0.25) is 0 Å². The van der Waals surface area contributed by atoms with E-state index < -0.39 is 6.10 Å². The molecule has 0 heterocycles. The highest BCUT2D eigenvalue weighted by Crippen LogP contribution is 2.28. The number of hydrogen-bond donors (Lipinski definition) is 3. The summed E-state index contributed by atoms with van der Waals surface area (Å²) in [6.45, 7) is 8.16. The SMILES string of the molecule is Cc1ccc(Br)cc1C(C)(C)CNCC(O)CN. The Morgan fingerprint density at radius 1 is 1.44 bits per heavy atom. The monoisotopic (exact) mass is 314 g/mol. The van der Waals surface area contributed by atoms with Crippen molar-refractivity contribution >= 4 is 15.9 Å². The van der Waals surface area contributed by atoms with E-state index in [4.69, 9.17) is 5.73 Å². The first-order chi connectivity index (χ1) is 8.36. The van der Waals surface area contributed by atoms with Crippen molar-refractivity contribution in [2.24, 2.45) is 5.73 Å². The van der Waals surface area contributed by atoms with Crippen LogP contribution in [-0.4, -0.2) is 30.8 Å². The molecule has 4 heteroatoms. The number of aliphatic hydroxyl groups excluding tert-OH is 1. The van der Waals surface area contributed by atoms with Crippen LogP contribution in [0.3, 0.4) is 0 Å². The predicted octanol–water partition coefficient (Wildman–Crippen LogP) is 1.94. The molecule has 0 amide bonds. The van der Waals surface area contributed by atoms with Crippen LogP contribution in [0.4, 0.5) is 0 Å². The van der Waals surface area contributed by atoms with Gasteiger partial charge in [-0.15, -0.1) is 0 Å². The second kappa shape index (κ2) is 6.66. The molecule has 1 atom stereocenters. The van der Waals surface area contributed by atoms with E-state index in [0.717, 1.165) is 11.0 Å². The lowest BCUT2D eigenvalue weighted by atomic mass is 9.82. The van der Waals surface area contributed by atoms with Crippen molar-refractivity contribution in [1.82, 2.24) is 5.32 Å². The molecule has 0 bridgehead atoms. The summed E-state index contributed by atoms with van der Waals surface area (Å²) < 4.78 is 1.10. The van der Waals surface area contributed by atoms with E-state index in [2.05, 4.69) is 60.2 Å².